The van der Waals surface area contributed by atoms with Gasteiger partial charge in [-0.1, -0.05) is 12.1 Å². The molecule has 0 aromatic heterocycles. The molecule has 2 aromatic rings. The van der Waals surface area contributed by atoms with E-state index in [1.807, 2.05) is 32.0 Å². The molecule has 2 aromatic carbocycles. The van der Waals surface area contributed by atoms with E-state index in [9.17, 15) is 0 Å². The van der Waals surface area contributed by atoms with Gasteiger partial charge < -0.3 is 30.2 Å². The third-order valence-electron chi connectivity index (χ3n) is 4.57. The number of ether oxygens (including phenoxy) is 3. The van der Waals surface area contributed by atoms with E-state index >= 15 is 0 Å². The largest absolute Gasteiger partial charge is 0.494 e. The number of guanidine groups is 1. The molecule has 1 heterocycles. The summed E-state index contributed by atoms with van der Waals surface area (Å²) in [5.74, 6) is 1.80. The van der Waals surface area contributed by atoms with E-state index in [0.29, 0.717) is 31.5 Å². The maximum absolute atomic E-state index is 6.11. The summed E-state index contributed by atoms with van der Waals surface area (Å²) in [5.41, 5.74) is 9.15. The highest BCUT2D eigenvalue weighted by atomic mass is 16.5. The standard InChI is InChI=1S/C22H30N4O3/c1-3-28-19-9-10-21(29-4-2)20(15-19)25-22(23)24-16-17-5-7-18(8-6-17)26-11-13-27-14-12-26/h5-10,15H,3-4,11-14,16H2,1-2H3,(H3,23,24,25). The van der Waals surface area contributed by atoms with Gasteiger partial charge >= 0.3 is 0 Å². The molecule has 1 aliphatic rings. The van der Waals surface area contributed by atoms with E-state index < -0.39 is 0 Å². The number of nitrogens with one attached hydrogen (secondary N) is 1. The number of benzene rings is 2. The molecule has 0 atom stereocenters. The van der Waals surface area contributed by atoms with Crippen molar-refractivity contribution in [2.75, 3.05) is 49.7 Å². The number of nitrogens with zero attached hydrogens (tertiary/aromatic N) is 2. The zero-order valence-corrected chi connectivity index (χ0v) is 17.2. The summed E-state index contributed by atoms with van der Waals surface area (Å²) in [6, 6.07) is 14.0. The Hall–Kier alpha value is -2.93. The van der Waals surface area contributed by atoms with Crippen molar-refractivity contribution in [3.8, 4) is 11.5 Å². The second-order valence-corrected chi connectivity index (χ2v) is 6.62. The summed E-state index contributed by atoms with van der Waals surface area (Å²) in [7, 11) is 0. The average Bonchev–Trinajstić information content (AvgIpc) is 2.75. The Morgan fingerprint density at radius 2 is 1.79 bits per heavy atom. The van der Waals surface area contributed by atoms with Gasteiger partial charge in [-0.25, -0.2) is 4.99 Å². The van der Waals surface area contributed by atoms with Crippen LogP contribution < -0.4 is 25.4 Å². The van der Waals surface area contributed by atoms with E-state index in [1.165, 1.54) is 5.69 Å². The smallest absolute Gasteiger partial charge is 0.193 e. The first kappa shape index (κ1) is 20.8. The Morgan fingerprint density at radius 3 is 2.48 bits per heavy atom. The molecule has 0 radical (unpaired) electrons. The summed E-state index contributed by atoms with van der Waals surface area (Å²) < 4.78 is 16.6. The topological polar surface area (TPSA) is 81.3 Å². The number of rotatable bonds is 8. The van der Waals surface area contributed by atoms with E-state index in [1.54, 1.807) is 0 Å². The molecule has 3 N–H and O–H groups in total. The molecule has 0 unspecified atom stereocenters. The Morgan fingerprint density at radius 1 is 1.07 bits per heavy atom. The van der Waals surface area contributed by atoms with Crippen LogP contribution in [0.3, 0.4) is 0 Å². The van der Waals surface area contributed by atoms with Crippen molar-refractivity contribution < 1.29 is 14.2 Å². The molecule has 7 heteroatoms. The number of morpholine rings is 1. The minimum absolute atomic E-state index is 0.330. The Kier molecular flexibility index (Phi) is 7.58. The quantitative estimate of drug-likeness (QED) is 0.525. The first-order valence-corrected chi connectivity index (χ1v) is 10.1. The van der Waals surface area contributed by atoms with E-state index in [4.69, 9.17) is 19.9 Å². The molecule has 156 valence electrons. The van der Waals surface area contributed by atoms with Crippen molar-refractivity contribution in [2.24, 2.45) is 10.7 Å². The van der Waals surface area contributed by atoms with Gasteiger partial charge in [-0.3, -0.25) is 0 Å². The third kappa shape index (κ3) is 6.02. The first-order chi connectivity index (χ1) is 14.2. The van der Waals surface area contributed by atoms with Crippen LogP contribution in [0.5, 0.6) is 11.5 Å². The highest BCUT2D eigenvalue weighted by Gasteiger charge is 2.11. The highest BCUT2D eigenvalue weighted by molar-refractivity contribution is 5.94. The minimum Gasteiger partial charge on any atom is -0.494 e. The number of aliphatic imine (C=N–C) groups is 1. The Balaban J connectivity index is 1.63. The van der Waals surface area contributed by atoms with Crippen LogP contribution >= 0.6 is 0 Å². The predicted molar refractivity (Wildman–Crippen MR) is 117 cm³/mol. The summed E-state index contributed by atoms with van der Waals surface area (Å²) in [5, 5.41) is 3.13. The SMILES string of the molecule is CCOc1ccc(OCC)c(NC(N)=NCc2ccc(N3CCOCC3)cc2)c1. The van der Waals surface area contributed by atoms with Gasteiger partial charge in [-0.2, -0.15) is 0 Å². The van der Waals surface area contributed by atoms with Crippen LogP contribution in [0.25, 0.3) is 0 Å². The number of hydrogen-bond acceptors (Lipinski definition) is 5. The Labute approximate surface area is 172 Å². The Bertz CT molecular complexity index is 802. The van der Waals surface area contributed by atoms with Crippen LogP contribution in [0.1, 0.15) is 19.4 Å². The monoisotopic (exact) mass is 398 g/mol. The fraction of sp³-hybridized carbons (Fsp3) is 0.409. The average molecular weight is 399 g/mol. The van der Waals surface area contributed by atoms with Crippen molar-refractivity contribution in [3.63, 3.8) is 0 Å². The number of hydrogen-bond donors (Lipinski definition) is 2. The molecule has 1 fully saturated rings. The lowest BCUT2D eigenvalue weighted by molar-refractivity contribution is 0.122. The van der Waals surface area contributed by atoms with Gasteiger partial charge in [0.1, 0.15) is 11.5 Å². The van der Waals surface area contributed by atoms with Gasteiger partial charge in [0.15, 0.2) is 5.96 Å². The second kappa shape index (κ2) is 10.6. The fourth-order valence-corrected chi connectivity index (χ4v) is 3.13. The normalized spacial score (nSPS) is 14.6. The summed E-state index contributed by atoms with van der Waals surface area (Å²) >= 11 is 0. The minimum atomic E-state index is 0.330. The number of nitrogens with two attached hydrogens (primary N) is 1. The van der Waals surface area contributed by atoms with Crippen molar-refractivity contribution in [1.82, 2.24) is 0 Å². The highest BCUT2D eigenvalue weighted by Crippen LogP contribution is 2.29. The first-order valence-electron chi connectivity index (χ1n) is 10.1. The van der Waals surface area contributed by atoms with Gasteiger partial charge in [-0.15, -0.1) is 0 Å². The van der Waals surface area contributed by atoms with Crippen molar-refractivity contribution in [3.05, 3.63) is 48.0 Å². The molecule has 7 nitrogen and oxygen atoms in total. The van der Waals surface area contributed by atoms with Crippen LogP contribution in [0.4, 0.5) is 11.4 Å². The van der Waals surface area contributed by atoms with Crippen LogP contribution in [0.15, 0.2) is 47.5 Å². The molecule has 0 amide bonds. The molecule has 3 rings (SSSR count). The fourth-order valence-electron chi connectivity index (χ4n) is 3.13. The molecular weight excluding hydrogens is 368 g/mol. The van der Waals surface area contributed by atoms with Crippen LogP contribution in [-0.4, -0.2) is 45.5 Å². The predicted octanol–water partition coefficient (Wildman–Crippen LogP) is 3.25. The summed E-state index contributed by atoms with van der Waals surface area (Å²) in [6.07, 6.45) is 0. The van der Waals surface area contributed by atoms with Gasteiger partial charge in [0.05, 0.1) is 38.7 Å². The van der Waals surface area contributed by atoms with E-state index in [2.05, 4.69) is 39.5 Å². The van der Waals surface area contributed by atoms with E-state index in [0.717, 1.165) is 43.3 Å². The molecule has 0 bridgehead atoms. The van der Waals surface area contributed by atoms with Gasteiger partial charge in [0.25, 0.3) is 0 Å². The van der Waals surface area contributed by atoms with Gasteiger partial charge in [0, 0.05) is 24.8 Å². The van der Waals surface area contributed by atoms with E-state index in [-0.39, 0.29) is 0 Å². The lowest BCUT2D eigenvalue weighted by atomic mass is 10.2. The molecule has 0 saturated carbocycles. The molecule has 1 aliphatic heterocycles. The maximum Gasteiger partial charge on any atom is 0.193 e. The van der Waals surface area contributed by atoms with Gasteiger partial charge in [0.2, 0.25) is 0 Å². The van der Waals surface area contributed by atoms with Crippen molar-refractivity contribution >= 4 is 17.3 Å². The summed E-state index contributed by atoms with van der Waals surface area (Å²) in [6.45, 7) is 8.96. The molecule has 0 aliphatic carbocycles. The van der Waals surface area contributed by atoms with Crippen molar-refractivity contribution in [1.29, 1.82) is 0 Å². The lowest BCUT2D eigenvalue weighted by Gasteiger charge is -2.28. The second-order valence-electron chi connectivity index (χ2n) is 6.62. The van der Waals surface area contributed by atoms with Crippen LogP contribution in [-0.2, 0) is 11.3 Å². The van der Waals surface area contributed by atoms with Crippen LogP contribution in [0, 0.1) is 0 Å². The van der Waals surface area contributed by atoms with Gasteiger partial charge in [-0.05, 0) is 43.7 Å². The van der Waals surface area contributed by atoms with Crippen molar-refractivity contribution in [2.45, 2.75) is 20.4 Å². The third-order valence-corrected chi connectivity index (χ3v) is 4.57. The number of anilines is 2. The molecular formula is C22H30N4O3. The zero-order chi connectivity index (χ0) is 20.5. The maximum atomic E-state index is 6.11. The zero-order valence-electron chi connectivity index (χ0n) is 17.2. The molecule has 29 heavy (non-hydrogen) atoms. The molecule has 0 spiro atoms. The molecule has 1 saturated heterocycles. The van der Waals surface area contributed by atoms with Crippen LogP contribution in [0.2, 0.25) is 0 Å². The lowest BCUT2D eigenvalue weighted by Crippen LogP contribution is -2.36. The summed E-state index contributed by atoms with van der Waals surface area (Å²) in [4.78, 5) is 6.79.